The van der Waals surface area contributed by atoms with E-state index in [1.165, 1.54) is 0 Å². The van der Waals surface area contributed by atoms with Gasteiger partial charge in [0.2, 0.25) is 5.89 Å². The Bertz CT molecular complexity index is 624. The van der Waals surface area contributed by atoms with Crippen LogP contribution in [-0.4, -0.2) is 9.97 Å². The Balaban J connectivity index is 1.72. The predicted molar refractivity (Wildman–Crippen MR) is 67.2 cm³/mol. The number of para-hydroxylation sites is 2. The SMILES string of the molecule is CCc1cnc(CNc2nc3ccccc3o2)o1. The minimum absolute atomic E-state index is 0.465. The highest BCUT2D eigenvalue weighted by Crippen LogP contribution is 2.18. The molecule has 3 aromatic rings. The maximum Gasteiger partial charge on any atom is 0.296 e. The third-order valence-corrected chi connectivity index (χ3v) is 2.63. The van der Waals surface area contributed by atoms with Gasteiger partial charge in [-0.05, 0) is 12.1 Å². The fourth-order valence-electron chi connectivity index (χ4n) is 1.69. The number of hydrogen-bond acceptors (Lipinski definition) is 5. The molecule has 3 rings (SSSR count). The molecular formula is C13H13N3O2. The second kappa shape index (κ2) is 4.52. The lowest BCUT2D eigenvalue weighted by Gasteiger charge is -1.96. The van der Waals surface area contributed by atoms with Crippen molar-refractivity contribution in [3.8, 4) is 0 Å². The number of rotatable bonds is 4. The van der Waals surface area contributed by atoms with Gasteiger partial charge in [0.05, 0.1) is 12.7 Å². The molecule has 5 nitrogen and oxygen atoms in total. The zero-order valence-electron chi connectivity index (χ0n) is 10.0. The summed E-state index contributed by atoms with van der Waals surface area (Å²) >= 11 is 0. The maximum absolute atomic E-state index is 5.53. The standard InChI is InChI=1S/C13H13N3O2/c1-2-9-7-14-12(17-9)8-15-13-16-10-5-3-4-6-11(10)18-13/h3-7H,2,8H2,1H3,(H,15,16). The number of benzene rings is 1. The highest BCUT2D eigenvalue weighted by atomic mass is 16.4. The molecule has 2 heterocycles. The van der Waals surface area contributed by atoms with E-state index < -0.39 is 0 Å². The lowest BCUT2D eigenvalue weighted by molar-refractivity contribution is 0.463. The van der Waals surface area contributed by atoms with Gasteiger partial charge in [0.15, 0.2) is 5.58 Å². The predicted octanol–water partition coefficient (Wildman–Crippen LogP) is 2.99. The summed E-state index contributed by atoms with van der Waals surface area (Å²) in [7, 11) is 0. The summed E-state index contributed by atoms with van der Waals surface area (Å²) in [6.45, 7) is 2.49. The number of aromatic nitrogens is 2. The molecule has 18 heavy (non-hydrogen) atoms. The minimum Gasteiger partial charge on any atom is -0.444 e. The van der Waals surface area contributed by atoms with E-state index in [1.54, 1.807) is 6.20 Å². The highest BCUT2D eigenvalue weighted by Gasteiger charge is 2.06. The van der Waals surface area contributed by atoms with Crippen LogP contribution in [-0.2, 0) is 13.0 Å². The Labute approximate surface area is 104 Å². The average Bonchev–Trinajstić information content (AvgIpc) is 3.02. The van der Waals surface area contributed by atoms with E-state index in [-0.39, 0.29) is 0 Å². The molecule has 0 saturated heterocycles. The largest absolute Gasteiger partial charge is 0.444 e. The van der Waals surface area contributed by atoms with Gasteiger partial charge < -0.3 is 14.2 Å². The van der Waals surface area contributed by atoms with Crippen LogP contribution < -0.4 is 5.32 Å². The van der Waals surface area contributed by atoms with E-state index in [9.17, 15) is 0 Å². The lowest BCUT2D eigenvalue weighted by Crippen LogP contribution is -1.99. The van der Waals surface area contributed by atoms with Crippen molar-refractivity contribution in [3.63, 3.8) is 0 Å². The summed E-state index contributed by atoms with van der Waals surface area (Å²) in [4.78, 5) is 8.46. The normalized spacial score (nSPS) is 10.9. The molecule has 1 N–H and O–H groups in total. The second-order valence-corrected chi connectivity index (χ2v) is 3.91. The summed E-state index contributed by atoms with van der Waals surface area (Å²) in [6, 6.07) is 8.11. The minimum atomic E-state index is 0.465. The maximum atomic E-state index is 5.53. The van der Waals surface area contributed by atoms with Crippen LogP contribution in [0.2, 0.25) is 0 Å². The number of fused-ring (bicyclic) bond motifs is 1. The van der Waals surface area contributed by atoms with E-state index in [1.807, 2.05) is 31.2 Å². The molecule has 0 amide bonds. The zero-order chi connectivity index (χ0) is 12.4. The number of hydrogen-bond donors (Lipinski definition) is 1. The topological polar surface area (TPSA) is 64.1 Å². The average molecular weight is 243 g/mol. The summed E-state index contributed by atoms with van der Waals surface area (Å²) in [5.74, 6) is 1.51. The first kappa shape index (κ1) is 10.8. The zero-order valence-corrected chi connectivity index (χ0v) is 10.0. The van der Waals surface area contributed by atoms with Crippen molar-refractivity contribution in [1.29, 1.82) is 0 Å². The number of nitrogens with one attached hydrogen (secondary N) is 1. The first-order chi connectivity index (χ1) is 8.85. The third kappa shape index (κ3) is 2.07. The van der Waals surface area contributed by atoms with Gasteiger partial charge in [0, 0.05) is 6.42 Å². The Kier molecular flexibility index (Phi) is 2.72. The molecule has 1 aromatic carbocycles. The summed E-state index contributed by atoms with van der Waals surface area (Å²) in [6.07, 6.45) is 2.58. The van der Waals surface area contributed by atoms with Crippen molar-refractivity contribution < 1.29 is 8.83 Å². The van der Waals surface area contributed by atoms with Crippen LogP contribution in [0.1, 0.15) is 18.6 Å². The van der Waals surface area contributed by atoms with E-state index in [2.05, 4.69) is 15.3 Å². The molecule has 5 heteroatoms. The molecule has 0 bridgehead atoms. The van der Waals surface area contributed by atoms with Crippen molar-refractivity contribution in [2.75, 3.05) is 5.32 Å². The number of anilines is 1. The lowest BCUT2D eigenvalue weighted by atomic mass is 10.3. The molecule has 0 spiro atoms. The van der Waals surface area contributed by atoms with Crippen LogP contribution in [0, 0.1) is 0 Å². The van der Waals surface area contributed by atoms with Crippen molar-refractivity contribution in [1.82, 2.24) is 9.97 Å². The fraction of sp³-hybridized carbons (Fsp3) is 0.231. The quantitative estimate of drug-likeness (QED) is 0.763. The van der Waals surface area contributed by atoms with Gasteiger partial charge in [-0.2, -0.15) is 4.98 Å². The Hall–Kier alpha value is -2.30. The van der Waals surface area contributed by atoms with Crippen molar-refractivity contribution in [2.45, 2.75) is 19.9 Å². The van der Waals surface area contributed by atoms with Gasteiger partial charge >= 0.3 is 0 Å². The molecule has 0 aliphatic heterocycles. The van der Waals surface area contributed by atoms with Crippen LogP contribution in [0.4, 0.5) is 6.01 Å². The van der Waals surface area contributed by atoms with E-state index in [0.29, 0.717) is 18.5 Å². The molecule has 0 radical (unpaired) electrons. The van der Waals surface area contributed by atoms with Gasteiger partial charge in [-0.1, -0.05) is 19.1 Å². The van der Waals surface area contributed by atoms with Crippen LogP contribution in [0.15, 0.2) is 39.3 Å². The molecule has 0 fully saturated rings. The Morgan fingerprint density at radius 3 is 2.89 bits per heavy atom. The first-order valence-electron chi connectivity index (χ1n) is 5.88. The second-order valence-electron chi connectivity index (χ2n) is 3.91. The van der Waals surface area contributed by atoms with Gasteiger partial charge in [-0.15, -0.1) is 0 Å². The molecule has 0 unspecified atom stereocenters. The van der Waals surface area contributed by atoms with Crippen molar-refractivity contribution >= 4 is 17.1 Å². The van der Waals surface area contributed by atoms with Crippen LogP contribution in [0.3, 0.4) is 0 Å². The summed E-state index contributed by atoms with van der Waals surface area (Å²) < 4.78 is 11.0. The van der Waals surface area contributed by atoms with Gasteiger partial charge in [-0.3, -0.25) is 0 Å². The summed E-state index contributed by atoms with van der Waals surface area (Å²) in [5, 5.41) is 3.05. The van der Waals surface area contributed by atoms with Crippen LogP contribution in [0.5, 0.6) is 0 Å². The first-order valence-corrected chi connectivity index (χ1v) is 5.88. The molecule has 0 saturated carbocycles. The Morgan fingerprint density at radius 2 is 2.11 bits per heavy atom. The molecule has 0 atom stereocenters. The van der Waals surface area contributed by atoms with Gasteiger partial charge in [0.1, 0.15) is 11.3 Å². The molecule has 2 aromatic heterocycles. The van der Waals surface area contributed by atoms with Gasteiger partial charge in [0.25, 0.3) is 6.01 Å². The fourth-order valence-corrected chi connectivity index (χ4v) is 1.69. The van der Waals surface area contributed by atoms with Crippen molar-refractivity contribution in [3.05, 3.63) is 42.1 Å². The van der Waals surface area contributed by atoms with Crippen LogP contribution >= 0.6 is 0 Å². The number of oxazole rings is 2. The monoisotopic (exact) mass is 243 g/mol. The molecular weight excluding hydrogens is 230 g/mol. The van der Waals surface area contributed by atoms with E-state index in [4.69, 9.17) is 8.83 Å². The number of nitrogens with zero attached hydrogens (tertiary/aromatic N) is 2. The van der Waals surface area contributed by atoms with Crippen molar-refractivity contribution in [2.24, 2.45) is 0 Å². The Morgan fingerprint density at radius 1 is 1.22 bits per heavy atom. The molecule has 0 aliphatic rings. The smallest absolute Gasteiger partial charge is 0.296 e. The van der Waals surface area contributed by atoms with E-state index >= 15 is 0 Å². The molecule has 92 valence electrons. The van der Waals surface area contributed by atoms with E-state index in [0.717, 1.165) is 23.3 Å². The van der Waals surface area contributed by atoms with Crippen LogP contribution in [0.25, 0.3) is 11.1 Å². The third-order valence-electron chi connectivity index (χ3n) is 2.63. The highest BCUT2D eigenvalue weighted by molar-refractivity contribution is 5.74. The number of aryl methyl sites for hydroxylation is 1. The summed E-state index contributed by atoms with van der Waals surface area (Å²) in [5.41, 5.74) is 1.60. The molecule has 0 aliphatic carbocycles. The van der Waals surface area contributed by atoms with Gasteiger partial charge in [-0.25, -0.2) is 4.98 Å².